The Morgan fingerprint density at radius 1 is 1.10 bits per heavy atom. The predicted molar refractivity (Wildman–Crippen MR) is 86.9 cm³/mol. The first kappa shape index (κ1) is 13.4. The number of aromatic amines is 1. The van der Waals surface area contributed by atoms with Crippen molar-refractivity contribution in [3.63, 3.8) is 0 Å². The van der Waals surface area contributed by atoms with Gasteiger partial charge in [-0.2, -0.15) is 4.36 Å². The lowest BCUT2D eigenvalue weighted by Gasteiger charge is -2.03. The van der Waals surface area contributed by atoms with E-state index in [4.69, 9.17) is 0 Å². The SMILES string of the molecule is CS(=O)(=Nc1ccc(Br)cc1)c1c[nH]c2ccccc12. The number of hydrogen-bond donors (Lipinski definition) is 1. The molecule has 20 heavy (non-hydrogen) atoms. The molecule has 1 N–H and O–H groups in total. The molecule has 0 saturated heterocycles. The van der Waals surface area contributed by atoms with Crippen LogP contribution in [0.5, 0.6) is 0 Å². The third-order valence-corrected chi connectivity index (χ3v) is 5.31. The normalized spacial score (nSPS) is 14.1. The van der Waals surface area contributed by atoms with Crippen molar-refractivity contribution in [2.24, 2.45) is 4.36 Å². The first-order valence-electron chi connectivity index (χ1n) is 6.10. The van der Waals surface area contributed by atoms with Crippen LogP contribution in [0.15, 0.2) is 68.5 Å². The van der Waals surface area contributed by atoms with Crippen molar-refractivity contribution in [1.82, 2.24) is 4.98 Å². The molecule has 1 unspecified atom stereocenters. The number of para-hydroxylation sites is 1. The summed E-state index contributed by atoms with van der Waals surface area (Å²) >= 11 is 3.38. The maximum atomic E-state index is 12.9. The second-order valence-electron chi connectivity index (χ2n) is 4.57. The van der Waals surface area contributed by atoms with Crippen molar-refractivity contribution in [2.45, 2.75) is 4.90 Å². The molecular weight excluding hydrogens is 336 g/mol. The molecule has 0 saturated carbocycles. The smallest absolute Gasteiger partial charge is 0.0792 e. The Labute approximate surface area is 126 Å². The number of rotatable bonds is 2. The van der Waals surface area contributed by atoms with Gasteiger partial charge >= 0.3 is 0 Å². The van der Waals surface area contributed by atoms with Crippen LogP contribution < -0.4 is 0 Å². The van der Waals surface area contributed by atoms with Crippen molar-refractivity contribution < 1.29 is 4.21 Å². The van der Waals surface area contributed by atoms with Crippen molar-refractivity contribution >= 4 is 42.2 Å². The lowest BCUT2D eigenvalue weighted by Crippen LogP contribution is -1.95. The molecule has 3 aromatic rings. The number of fused-ring (bicyclic) bond motifs is 1. The largest absolute Gasteiger partial charge is 0.360 e. The summed E-state index contributed by atoms with van der Waals surface area (Å²) in [6.45, 7) is 0. The number of H-pyrrole nitrogens is 1. The highest BCUT2D eigenvalue weighted by atomic mass is 79.9. The number of hydrogen-bond acceptors (Lipinski definition) is 2. The summed E-state index contributed by atoms with van der Waals surface area (Å²) in [4.78, 5) is 3.89. The van der Waals surface area contributed by atoms with Crippen LogP contribution in [0, 0.1) is 0 Å². The molecule has 0 fully saturated rings. The van der Waals surface area contributed by atoms with E-state index in [1.165, 1.54) is 0 Å². The third kappa shape index (κ3) is 2.51. The topological polar surface area (TPSA) is 45.2 Å². The summed E-state index contributed by atoms with van der Waals surface area (Å²) in [5.74, 6) is 0. The van der Waals surface area contributed by atoms with E-state index in [0.29, 0.717) is 5.69 Å². The molecule has 3 nitrogen and oxygen atoms in total. The molecule has 0 amide bonds. The highest BCUT2D eigenvalue weighted by Crippen LogP contribution is 2.26. The van der Waals surface area contributed by atoms with Gasteiger partial charge in [0.25, 0.3) is 0 Å². The molecule has 0 spiro atoms. The second-order valence-corrected chi connectivity index (χ2v) is 7.71. The molecule has 102 valence electrons. The van der Waals surface area contributed by atoms with Crippen LogP contribution in [0.4, 0.5) is 5.69 Å². The molecular formula is C15H13BrN2OS. The highest BCUT2D eigenvalue weighted by Gasteiger charge is 2.12. The van der Waals surface area contributed by atoms with Crippen LogP contribution in [0.2, 0.25) is 0 Å². The molecule has 0 radical (unpaired) electrons. The Kier molecular flexibility index (Phi) is 3.40. The van der Waals surface area contributed by atoms with Gasteiger partial charge in [0.1, 0.15) is 0 Å². The van der Waals surface area contributed by atoms with Crippen LogP contribution in [0.25, 0.3) is 10.9 Å². The Morgan fingerprint density at radius 3 is 2.55 bits per heavy atom. The van der Waals surface area contributed by atoms with Gasteiger partial charge in [0, 0.05) is 27.8 Å². The van der Waals surface area contributed by atoms with Gasteiger partial charge in [0.05, 0.1) is 20.3 Å². The van der Waals surface area contributed by atoms with Crippen LogP contribution >= 0.6 is 15.9 Å². The Morgan fingerprint density at radius 2 is 1.80 bits per heavy atom. The molecule has 2 aromatic carbocycles. The summed E-state index contributed by atoms with van der Waals surface area (Å²) in [5.41, 5.74) is 1.69. The Bertz CT molecular complexity index is 874. The van der Waals surface area contributed by atoms with Crippen LogP contribution in [0.3, 0.4) is 0 Å². The van der Waals surface area contributed by atoms with Gasteiger partial charge in [0.15, 0.2) is 0 Å². The summed E-state index contributed by atoms with van der Waals surface area (Å²) in [5, 5.41) is 0.959. The summed E-state index contributed by atoms with van der Waals surface area (Å²) < 4.78 is 18.3. The van der Waals surface area contributed by atoms with Crippen LogP contribution in [-0.4, -0.2) is 15.4 Å². The van der Waals surface area contributed by atoms with E-state index in [1.807, 2.05) is 48.5 Å². The molecule has 0 aliphatic carbocycles. The number of nitrogens with one attached hydrogen (secondary N) is 1. The van der Waals surface area contributed by atoms with E-state index in [1.54, 1.807) is 12.5 Å². The lowest BCUT2D eigenvalue weighted by molar-refractivity contribution is 0.681. The number of nitrogens with zero attached hydrogens (tertiary/aromatic N) is 1. The average Bonchev–Trinajstić information content (AvgIpc) is 2.86. The Hall–Kier alpha value is -1.59. The van der Waals surface area contributed by atoms with Crippen LogP contribution in [-0.2, 0) is 9.73 Å². The van der Waals surface area contributed by atoms with E-state index in [9.17, 15) is 4.21 Å². The summed E-state index contributed by atoms with van der Waals surface area (Å²) in [6.07, 6.45) is 3.46. The van der Waals surface area contributed by atoms with Gasteiger partial charge in [-0.25, -0.2) is 4.21 Å². The number of halogens is 1. The summed E-state index contributed by atoms with van der Waals surface area (Å²) in [6, 6.07) is 15.3. The first-order chi connectivity index (χ1) is 9.56. The molecule has 1 aromatic heterocycles. The predicted octanol–water partition coefficient (Wildman–Crippen LogP) is 4.72. The zero-order valence-electron chi connectivity index (χ0n) is 10.8. The fourth-order valence-electron chi connectivity index (χ4n) is 2.11. The fraction of sp³-hybridized carbons (Fsp3) is 0.0667. The van der Waals surface area contributed by atoms with Gasteiger partial charge in [-0.1, -0.05) is 34.1 Å². The minimum atomic E-state index is -2.48. The summed E-state index contributed by atoms with van der Waals surface area (Å²) in [7, 11) is -2.48. The molecule has 5 heteroatoms. The second kappa shape index (κ2) is 5.07. The molecule has 0 aliphatic heterocycles. The zero-order chi connectivity index (χ0) is 14.2. The monoisotopic (exact) mass is 348 g/mol. The van der Waals surface area contributed by atoms with Crippen molar-refractivity contribution in [1.29, 1.82) is 0 Å². The van der Waals surface area contributed by atoms with Gasteiger partial charge in [0.2, 0.25) is 0 Å². The lowest BCUT2D eigenvalue weighted by atomic mass is 10.2. The zero-order valence-corrected chi connectivity index (χ0v) is 13.2. The van der Waals surface area contributed by atoms with Crippen LogP contribution in [0.1, 0.15) is 0 Å². The van der Waals surface area contributed by atoms with Gasteiger partial charge in [-0.15, -0.1) is 0 Å². The van der Waals surface area contributed by atoms with Crippen molar-refractivity contribution in [2.75, 3.05) is 6.26 Å². The maximum absolute atomic E-state index is 12.9. The standard InChI is InChI=1S/C15H13BrN2OS/c1-20(19,18-12-8-6-11(16)7-9-12)15-10-17-14-5-3-2-4-13(14)15/h2-10,17H,1H3. The minimum absolute atomic E-state index is 0.714. The molecule has 3 rings (SSSR count). The van der Waals surface area contributed by atoms with Gasteiger partial charge in [-0.05, 0) is 30.3 Å². The first-order valence-corrected chi connectivity index (χ1v) is 8.82. The van der Waals surface area contributed by atoms with E-state index in [0.717, 1.165) is 20.3 Å². The van der Waals surface area contributed by atoms with Gasteiger partial charge < -0.3 is 4.98 Å². The van der Waals surface area contributed by atoms with Crippen molar-refractivity contribution in [3.8, 4) is 0 Å². The Balaban J connectivity index is 2.16. The highest BCUT2D eigenvalue weighted by molar-refractivity contribution is 9.10. The quantitative estimate of drug-likeness (QED) is 0.715. The molecule has 1 atom stereocenters. The molecule has 0 aliphatic rings. The maximum Gasteiger partial charge on any atom is 0.0792 e. The van der Waals surface area contributed by atoms with E-state index >= 15 is 0 Å². The minimum Gasteiger partial charge on any atom is -0.360 e. The fourth-order valence-corrected chi connectivity index (χ4v) is 3.86. The molecule has 0 bridgehead atoms. The van der Waals surface area contributed by atoms with E-state index in [-0.39, 0.29) is 0 Å². The van der Waals surface area contributed by atoms with E-state index < -0.39 is 9.73 Å². The van der Waals surface area contributed by atoms with Crippen molar-refractivity contribution in [3.05, 3.63) is 59.2 Å². The number of benzene rings is 2. The average molecular weight is 349 g/mol. The third-order valence-electron chi connectivity index (χ3n) is 3.07. The number of aromatic nitrogens is 1. The van der Waals surface area contributed by atoms with Gasteiger partial charge in [-0.3, -0.25) is 0 Å². The van der Waals surface area contributed by atoms with E-state index in [2.05, 4.69) is 25.3 Å². The molecule has 1 heterocycles.